The largest absolute Gasteiger partial charge is 0.492 e. The van der Waals surface area contributed by atoms with Crippen molar-refractivity contribution in [1.29, 1.82) is 0 Å². The third-order valence-electron chi connectivity index (χ3n) is 6.63. The third kappa shape index (κ3) is 3.27. The Morgan fingerprint density at radius 3 is 2.86 bits per heavy atom. The lowest BCUT2D eigenvalue weighted by molar-refractivity contribution is -0.137. The highest BCUT2D eigenvalue weighted by Gasteiger charge is 2.46. The van der Waals surface area contributed by atoms with E-state index < -0.39 is 5.97 Å². The van der Waals surface area contributed by atoms with Crippen molar-refractivity contribution in [1.82, 2.24) is 0 Å². The topological polar surface area (TPSA) is 65.0 Å². The molecule has 5 rings (SSSR count). The average molecular weight is 394 g/mol. The molecule has 2 atom stereocenters. The molecule has 1 aliphatic heterocycles. The maximum atomic E-state index is 11.0. The van der Waals surface area contributed by atoms with E-state index in [0.717, 1.165) is 36.5 Å². The molecule has 1 fully saturated rings. The molecule has 0 spiro atoms. The van der Waals surface area contributed by atoms with Gasteiger partial charge in [0.05, 0.1) is 19.6 Å². The molecule has 0 amide bonds. The Hall–Kier alpha value is -2.53. The Morgan fingerprint density at radius 2 is 2.10 bits per heavy atom. The molecule has 2 aromatic rings. The van der Waals surface area contributed by atoms with Crippen molar-refractivity contribution >= 4 is 5.97 Å². The lowest BCUT2D eigenvalue weighted by Gasteiger charge is -2.20. The predicted octanol–water partition coefficient (Wildman–Crippen LogP) is 4.38. The number of rotatable bonds is 7. The minimum Gasteiger partial charge on any atom is -0.492 e. The molecule has 1 N–H and O–H groups in total. The van der Waals surface area contributed by atoms with Gasteiger partial charge in [0.2, 0.25) is 0 Å². The maximum Gasteiger partial charge on any atom is 0.304 e. The Balaban J connectivity index is 1.36. The number of aliphatic carboxylic acids is 1. The fraction of sp³-hybridized carbons (Fsp3) is 0.458. The summed E-state index contributed by atoms with van der Waals surface area (Å²) in [5.74, 6) is 0.646. The Bertz CT molecular complexity index is 946. The quantitative estimate of drug-likeness (QED) is 0.755. The first-order valence-corrected chi connectivity index (χ1v) is 10.4. The third-order valence-corrected chi connectivity index (χ3v) is 6.63. The zero-order valence-corrected chi connectivity index (χ0v) is 16.6. The van der Waals surface area contributed by atoms with Gasteiger partial charge in [-0.25, -0.2) is 0 Å². The van der Waals surface area contributed by atoms with Gasteiger partial charge in [-0.15, -0.1) is 0 Å². The molecule has 3 aliphatic rings. The molecule has 0 aromatic heterocycles. The Kier molecular flexibility index (Phi) is 4.50. The van der Waals surface area contributed by atoms with E-state index in [2.05, 4.69) is 18.2 Å². The summed E-state index contributed by atoms with van der Waals surface area (Å²) in [6, 6.07) is 12.4. The zero-order valence-electron chi connectivity index (χ0n) is 16.6. The molecular formula is C24H26O5. The van der Waals surface area contributed by atoms with Crippen LogP contribution < -0.4 is 9.47 Å². The van der Waals surface area contributed by atoms with Crippen LogP contribution in [0.3, 0.4) is 0 Å². The van der Waals surface area contributed by atoms with Gasteiger partial charge in [0.15, 0.2) is 0 Å². The smallest absolute Gasteiger partial charge is 0.304 e. The summed E-state index contributed by atoms with van der Waals surface area (Å²) in [6.07, 6.45) is 4.52. The van der Waals surface area contributed by atoms with Crippen LogP contribution in [-0.2, 0) is 21.4 Å². The summed E-state index contributed by atoms with van der Waals surface area (Å²) in [7, 11) is 1.78. The minimum atomic E-state index is -0.799. The van der Waals surface area contributed by atoms with Crippen LogP contribution >= 0.6 is 0 Å². The minimum absolute atomic E-state index is 0.0394. The zero-order chi connectivity index (χ0) is 20.0. The van der Waals surface area contributed by atoms with Crippen molar-refractivity contribution in [3.63, 3.8) is 0 Å². The highest BCUT2D eigenvalue weighted by molar-refractivity contribution is 5.68. The van der Waals surface area contributed by atoms with Crippen LogP contribution in [-0.4, -0.2) is 31.4 Å². The van der Waals surface area contributed by atoms with E-state index in [-0.39, 0.29) is 23.9 Å². The summed E-state index contributed by atoms with van der Waals surface area (Å²) in [5.41, 5.74) is 5.33. The first-order chi connectivity index (χ1) is 14.1. The molecule has 2 aromatic carbocycles. The number of carboxylic acid groups (broad SMARTS) is 1. The number of hydrogen-bond donors (Lipinski definition) is 1. The van der Waals surface area contributed by atoms with Crippen molar-refractivity contribution in [3.05, 3.63) is 58.7 Å². The van der Waals surface area contributed by atoms with Gasteiger partial charge >= 0.3 is 5.97 Å². The van der Waals surface area contributed by atoms with Crippen molar-refractivity contribution in [2.75, 3.05) is 20.3 Å². The lowest BCUT2D eigenvalue weighted by atomic mass is 9.90. The molecule has 2 aliphatic carbocycles. The molecular weight excluding hydrogens is 368 g/mol. The molecule has 152 valence electrons. The molecule has 0 saturated heterocycles. The van der Waals surface area contributed by atoms with Crippen molar-refractivity contribution in [2.45, 2.75) is 49.5 Å². The SMILES string of the molecule is COCC1(c2cccc3c2CCC3Oc2ccc3c(c2)OCC3CC(=O)O)CC1. The number of fused-ring (bicyclic) bond motifs is 2. The van der Waals surface area contributed by atoms with E-state index in [4.69, 9.17) is 19.3 Å². The summed E-state index contributed by atoms with van der Waals surface area (Å²) in [4.78, 5) is 11.0. The van der Waals surface area contributed by atoms with Crippen LogP contribution in [0.25, 0.3) is 0 Å². The van der Waals surface area contributed by atoms with Gasteiger partial charge in [0, 0.05) is 30.1 Å². The second kappa shape index (κ2) is 7.06. The highest BCUT2D eigenvalue weighted by atomic mass is 16.5. The van der Waals surface area contributed by atoms with Gasteiger partial charge in [-0.2, -0.15) is 0 Å². The van der Waals surface area contributed by atoms with Gasteiger partial charge in [0.1, 0.15) is 17.6 Å². The number of benzene rings is 2. The molecule has 1 heterocycles. The van der Waals surface area contributed by atoms with Crippen LogP contribution in [0, 0.1) is 0 Å². The first-order valence-electron chi connectivity index (χ1n) is 10.4. The number of ether oxygens (including phenoxy) is 3. The van der Waals surface area contributed by atoms with Gasteiger partial charge in [-0.3, -0.25) is 4.79 Å². The second-order valence-electron chi connectivity index (χ2n) is 8.54. The Morgan fingerprint density at radius 1 is 1.24 bits per heavy atom. The molecule has 5 nitrogen and oxygen atoms in total. The normalized spacial score (nSPS) is 23.2. The molecule has 29 heavy (non-hydrogen) atoms. The first kappa shape index (κ1) is 18.5. The van der Waals surface area contributed by atoms with Crippen LogP contribution in [0.5, 0.6) is 11.5 Å². The van der Waals surface area contributed by atoms with Gasteiger partial charge in [-0.1, -0.05) is 24.3 Å². The fourth-order valence-corrected chi connectivity index (χ4v) is 5.03. The van der Waals surface area contributed by atoms with E-state index in [1.54, 1.807) is 7.11 Å². The summed E-state index contributed by atoms with van der Waals surface area (Å²) in [5, 5.41) is 9.07. The van der Waals surface area contributed by atoms with E-state index in [0.29, 0.717) is 6.61 Å². The molecule has 5 heteroatoms. The van der Waals surface area contributed by atoms with Gasteiger partial charge in [-0.05, 0) is 48.4 Å². The van der Waals surface area contributed by atoms with E-state index in [1.807, 2.05) is 18.2 Å². The number of hydrogen-bond acceptors (Lipinski definition) is 4. The second-order valence-corrected chi connectivity index (χ2v) is 8.54. The van der Waals surface area contributed by atoms with Gasteiger partial charge in [0.25, 0.3) is 0 Å². The van der Waals surface area contributed by atoms with Crippen molar-refractivity contribution < 1.29 is 24.1 Å². The standard InChI is InChI=1S/C24H26O5/c1-27-14-24(9-10-24)20-4-2-3-19-18(20)7-8-21(19)29-16-5-6-17-15(11-23(25)26)13-28-22(17)12-16/h2-6,12,15,21H,7-11,13-14H2,1H3,(H,25,26). The molecule has 0 bridgehead atoms. The van der Waals surface area contributed by atoms with E-state index >= 15 is 0 Å². The molecule has 1 saturated carbocycles. The van der Waals surface area contributed by atoms with E-state index in [9.17, 15) is 4.79 Å². The summed E-state index contributed by atoms with van der Waals surface area (Å²) in [6.45, 7) is 1.21. The lowest BCUT2D eigenvalue weighted by Crippen LogP contribution is -2.16. The fourth-order valence-electron chi connectivity index (χ4n) is 5.03. The Labute approximate surface area is 170 Å². The molecule has 0 radical (unpaired) electrons. The predicted molar refractivity (Wildman–Crippen MR) is 108 cm³/mol. The maximum absolute atomic E-state index is 11.0. The summed E-state index contributed by atoms with van der Waals surface area (Å²) >= 11 is 0. The number of carbonyl (C=O) groups is 1. The van der Waals surface area contributed by atoms with Crippen molar-refractivity contribution in [2.24, 2.45) is 0 Å². The highest BCUT2D eigenvalue weighted by Crippen LogP contribution is 2.52. The van der Waals surface area contributed by atoms with Crippen LogP contribution in [0.2, 0.25) is 0 Å². The van der Waals surface area contributed by atoms with Crippen LogP contribution in [0.4, 0.5) is 0 Å². The average Bonchev–Trinajstić information content (AvgIpc) is 3.21. The summed E-state index contributed by atoms with van der Waals surface area (Å²) < 4.78 is 17.6. The van der Waals surface area contributed by atoms with Crippen molar-refractivity contribution in [3.8, 4) is 11.5 Å². The number of methoxy groups -OCH3 is 1. The number of carboxylic acids is 1. The monoisotopic (exact) mass is 394 g/mol. The molecule has 2 unspecified atom stereocenters. The van der Waals surface area contributed by atoms with Crippen LogP contribution in [0.1, 0.15) is 60.0 Å². The van der Waals surface area contributed by atoms with E-state index in [1.165, 1.54) is 29.5 Å². The van der Waals surface area contributed by atoms with Crippen LogP contribution in [0.15, 0.2) is 36.4 Å². The van der Waals surface area contributed by atoms with Gasteiger partial charge < -0.3 is 19.3 Å².